The summed E-state index contributed by atoms with van der Waals surface area (Å²) < 4.78 is 54.8. The molecule has 1 aromatic carbocycles. The van der Waals surface area contributed by atoms with E-state index in [9.17, 15) is 27.6 Å². The molecular formula is C17H17F3N2O6. The molecule has 0 aliphatic carbocycles. The van der Waals surface area contributed by atoms with E-state index < -0.39 is 35.3 Å². The first-order valence-electron chi connectivity index (χ1n) is 7.84. The van der Waals surface area contributed by atoms with Gasteiger partial charge in [0.1, 0.15) is 12.4 Å². The molecule has 0 spiro atoms. The smallest absolute Gasteiger partial charge is 0.418 e. The van der Waals surface area contributed by atoms with Crippen LogP contribution in [-0.4, -0.2) is 45.4 Å². The lowest BCUT2D eigenvalue weighted by molar-refractivity contribution is -0.140. The molecule has 2 rings (SSSR count). The fraction of sp³-hybridized carbons (Fsp3) is 0.353. The predicted molar refractivity (Wildman–Crippen MR) is 90.1 cm³/mol. The number of carbonyl (C=O) groups is 3. The number of ether oxygens (including phenoxy) is 3. The standard InChI is InChI=1S/C17H17F3N2O6/c1-9(23)21-13-5-4-10(6-12(13)17(18,19)20)22-8-28-7-11(15(24)26-2)14(22)16(25)27-3/h4-6H,7-8H2,1-3H3,(H,21,23). The maximum absolute atomic E-state index is 13.4. The van der Waals surface area contributed by atoms with Gasteiger partial charge in [0.25, 0.3) is 0 Å². The first-order chi connectivity index (χ1) is 13.1. The van der Waals surface area contributed by atoms with Crippen LogP contribution >= 0.6 is 0 Å². The van der Waals surface area contributed by atoms with Crippen molar-refractivity contribution in [3.05, 3.63) is 35.0 Å². The number of benzene rings is 1. The summed E-state index contributed by atoms with van der Waals surface area (Å²) in [5.41, 5.74) is -2.16. The summed E-state index contributed by atoms with van der Waals surface area (Å²) in [7, 11) is 2.16. The molecule has 0 fully saturated rings. The van der Waals surface area contributed by atoms with E-state index in [-0.39, 0.29) is 30.3 Å². The lowest BCUT2D eigenvalue weighted by Crippen LogP contribution is -2.39. The summed E-state index contributed by atoms with van der Waals surface area (Å²) >= 11 is 0. The van der Waals surface area contributed by atoms with Crippen LogP contribution in [0.2, 0.25) is 0 Å². The number of esters is 2. The number of anilines is 2. The van der Waals surface area contributed by atoms with Crippen LogP contribution in [0.25, 0.3) is 0 Å². The van der Waals surface area contributed by atoms with E-state index in [4.69, 9.17) is 4.74 Å². The topological polar surface area (TPSA) is 94.2 Å². The van der Waals surface area contributed by atoms with Crippen molar-refractivity contribution < 1.29 is 41.8 Å². The molecule has 1 heterocycles. The average molecular weight is 402 g/mol. The third-order valence-electron chi connectivity index (χ3n) is 3.76. The normalized spacial score (nSPS) is 14.6. The summed E-state index contributed by atoms with van der Waals surface area (Å²) in [5.74, 6) is -2.50. The molecule has 0 bridgehead atoms. The Kier molecular flexibility index (Phi) is 6.29. The number of alkyl halides is 3. The molecule has 0 atom stereocenters. The van der Waals surface area contributed by atoms with Gasteiger partial charge in [-0.1, -0.05) is 0 Å². The second-order valence-electron chi connectivity index (χ2n) is 5.62. The maximum Gasteiger partial charge on any atom is 0.418 e. The number of hydrogen-bond donors (Lipinski definition) is 1. The number of nitrogens with one attached hydrogen (secondary N) is 1. The van der Waals surface area contributed by atoms with Gasteiger partial charge in [-0.05, 0) is 18.2 Å². The first kappa shape index (κ1) is 21.2. The minimum Gasteiger partial charge on any atom is -0.466 e. The SMILES string of the molecule is COC(=O)C1=C(C(=O)OC)N(c2ccc(NC(C)=O)c(C(F)(F)F)c2)COC1. The molecular weight excluding hydrogens is 385 g/mol. The summed E-state index contributed by atoms with van der Waals surface area (Å²) in [4.78, 5) is 36.4. The fourth-order valence-electron chi connectivity index (χ4n) is 2.58. The van der Waals surface area contributed by atoms with Crippen molar-refractivity contribution in [1.29, 1.82) is 0 Å². The van der Waals surface area contributed by atoms with Gasteiger partial charge < -0.3 is 24.4 Å². The number of nitrogens with zero attached hydrogens (tertiary/aromatic N) is 1. The van der Waals surface area contributed by atoms with E-state index in [2.05, 4.69) is 14.8 Å². The van der Waals surface area contributed by atoms with E-state index in [0.29, 0.717) is 0 Å². The van der Waals surface area contributed by atoms with Crippen molar-refractivity contribution >= 4 is 29.2 Å². The van der Waals surface area contributed by atoms with E-state index in [0.717, 1.165) is 38.2 Å². The van der Waals surface area contributed by atoms with Gasteiger partial charge in [0.15, 0.2) is 0 Å². The molecule has 0 saturated heterocycles. The van der Waals surface area contributed by atoms with Gasteiger partial charge in [-0.2, -0.15) is 13.2 Å². The average Bonchev–Trinajstić information content (AvgIpc) is 2.65. The van der Waals surface area contributed by atoms with Crippen molar-refractivity contribution in [3.63, 3.8) is 0 Å². The van der Waals surface area contributed by atoms with Crippen LogP contribution in [0.15, 0.2) is 29.5 Å². The lowest BCUT2D eigenvalue weighted by atomic mass is 10.1. The van der Waals surface area contributed by atoms with E-state index in [1.165, 1.54) is 6.07 Å². The van der Waals surface area contributed by atoms with Crippen LogP contribution in [0, 0.1) is 0 Å². The Morgan fingerprint density at radius 3 is 2.32 bits per heavy atom. The van der Waals surface area contributed by atoms with Crippen molar-refractivity contribution in [1.82, 2.24) is 0 Å². The minimum absolute atomic E-state index is 0.0945. The van der Waals surface area contributed by atoms with Gasteiger partial charge in [-0.25, -0.2) is 9.59 Å². The quantitative estimate of drug-likeness (QED) is 0.771. The highest BCUT2D eigenvalue weighted by atomic mass is 19.4. The monoisotopic (exact) mass is 402 g/mol. The van der Waals surface area contributed by atoms with Crippen molar-refractivity contribution in [2.45, 2.75) is 13.1 Å². The maximum atomic E-state index is 13.4. The highest BCUT2D eigenvalue weighted by Crippen LogP contribution is 2.38. The summed E-state index contributed by atoms with van der Waals surface area (Å²) in [6.07, 6.45) is -4.79. The molecule has 0 radical (unpaired) electrons. The summed E-state index contributed by atoms with van der Waals surface area (Å²) in [6, 6.07) is 3.02. The van der Waals surface area contributed by atoms with Crippen LogP contribution < -0.4 is 10.2 Å². The molecule has 1 aliphatic rings. The zero-order valence-electron chi connectivity index (χ0n) is 15.2. The molecule has 0 unspecified atom stereocenters. The summed E-state index contributed by atoms with van der Waals surface area (Å²) in [5, 5.41) is 2.10. The van der Waals surface area contributed by atoms with Gasteiger partial charge >= 0.3 is 18.1 Å². The molecule has 0 saturated carbocycles. The molecule has 1 aliphatic heterocycles. The number of methoxy groups -OCH3 is 2. The Balaban J connectivity index is 2.62. The van der Waals surface area contributed by atoms with Crippen LogP contribution in [0.1, 0.15) is 12.5 Å². The van der Waals surface area contributed by atoms with Gasteiger partial charge in [0, 0.05) is 12.6 Å². The number of halogens is 3. The van der Waals surface area contributed by atoms with Crippen LogP contribution in [0.5, 0.6) is 0 Å². The highest BCUT2D eigenvalue weighted by Gasteiger charge is 2.37. The molecule has 152 valence electrons. The number of rotatable bonds is 4. The number of hydrogen-bond acceptors (Lipinski definition) is 7. The molecule has 1 N–H and O–H groups in total. The Morgan fingerprint density at radius 2 is 1.79 bits per heavy atom. The van der Waals surface area contributed by atoms with E-state index >= 15 is 0 Å². The van der Waals surface area contributed by atoms with Crippen molar-refractivity contribution in [2.24, 2.45) is 0 Å². The largest absolute Gasteiger partial charge is 0.466 e. The van der Waals surface area contributed by atoms with Crippen LogP contribution in [0.3, 0.4) is 0 Å². The Hall–Kier alpha value is -3.08. The third-order valence-corrected chi connectivity index (χ3v) is 3.76. The molecule has 8 nitrogen and oxygen atoms in total. The molecule has 11 heteroatoms. The Bertz CT molecular complexity index is 835. The Labute approximate surface area is 157 Å². The second-order valence-corrected chi connectivity index (χ2v) is 5.62. The second kappa shape index (κ2) is 8.30. The molecule has 0 aromatic heterocycles. The third kappa shape index (κ3) is 4.42. The van der Waals surface area contributed by atoms with E-state index in [1.807, 2.05) is 0 Å². The zero-order chi connectivity index (χ0) is 21.1. The van der Waals surface area contributed by atoms with Gasteiger partial charge in [-0.15, -0.1) is 0 Å². The van der Waals surface area contributed by atoms with Crippen LogP contribution in [0.4, 0.5) is 24.5 Å². The highest BCUT2D eigenvalue weighted by molar-refractivity contribution is 6.03. The van der Waals surface area contributed by atoms with Crippen molar-refractivity contribution in [3.8, 4) is 0 Å². The number of amides is 1. The van der Waals surface area contributed by atoms with Crippen molar-refractivity contribution in [2.75, 3.05) is 37.8 Å². The van der Waals surface area contributed by atoms with Gasteiger partial charge in [0.2, 0.25) is 5.91 Å². The van der Waals surface area contributed by atoms with E-state index in [1.54, 1.807) is 0 Å². The number of carbonyl (C=O) groups excluding carboxylic acids is 3. The predicted octanol–water partition coefficient (Wildman–Crippen LogP) is 2.06. The first-order valence-corrected chi connectivity index (χ1v) is 7.84. The molecule has 28 heavy (non-hydrogen) atoms. The van der Waals surface area contributed by atoms with Gasteiger partial charge in [-0.3, -0.25) is 4.79 Å². The summed E-state index contributed by atoms with van der Waals surface area (Å²) in [6.45, 7) is 0.499. The van der Waals surface area contributed by atoms with Gasteiger partial charge in [0.05, 0.1) is 37.7 Å². The lowest BCUT2D eigenvalue weighted by Gasteiger charge is -2.31. The molecule has 1 aromatic rings. The van der Waals surface area contributed by atoms with Crippen LogP contribution in [-0.2, 0) is 34.8 Å². The Morgan fingerprint density at radius 1 is 1.14 bits per heavy atom. The minimum atomic E-state index is -4.79. The fourth-order valence-corrected chi connectivity index (χ4v) is 2.58. The zero-order valence-corrected chi connectivity index (χ0v) is 15.2. The molecule has 1 amide bonds.